The third kappa shape index (κ3) is 4.49. The number of rotatable bonds is 7. The van der Waals surface area contributed by atoms with E-state index in [-0.39, 0.29) is 0 Å². The van der Waals surface area contributed by atoms with Gasteiger partial charge in [-0.1, -0.05) is 13.8 Å². The second-order valence-corrected chi connectivity index (χ2v) is 4.36. The van der Waals surface area contributed by atoms with Gasteiger partial charge in [-0.05, 0) is 32.9 Å². The van der Waals surface area contributed by atoms with Gasteiger partial charge in [-0.25, -0.2) is 0 Å². The lowest BCUT2D eigenvalue weighted by Crippen LogP contribution is -2.40. The number of ether oxygens (including phenoxy) is 1. The van der Waals surface area contributed by atoms with Crippen molar-refractivity contribution in [3.63, 3.8) is 0 Å². The van der Waals surface area contributed by atoms with Crippen LogP contribution in [0.5, 0.6) is 0 Å². The van der Waals surface area contributed by atoms with Gasteiger partial charge in [0.1, 0.15) is 0 Å². The topological polar surface area (TPSA) is 24.5 Å². The molecule has 1 saturated heterocycles. The lowest BCUT2D eigenvalue weighted by molar-refractivity contribution is 0.112. The summed E-state index contributed by atoms with van der Waals surface area (Å²) in [6, 6.07) is 0.574. The Balaban J connectivity index is 2.08. The molecule has 0 bridgehead atoms. The van der Waals surface area contributed by atoms with Gasteiger partial charge in [0.2, 0.25) is 0 Å². The summed E-state index contributed by atoms with van der Waals surface area (Å²) in [5.74, 6) is 0. The molecule has 0 saturated carbocycles. The molecule has 0 aromatic heterocycles. The predicted molar refractivity (Wildman–Crippen MR) is 64.2 cm³/mol. The molecule has 1 N–H and O–H groups in total. The fraction of sp³-hybridized carbons (Fsp3) is 1.00. The molecule has 15 heavy (non-hydrogen) atoms. The molecule has 0 aliphatic carbocycles. The first kappa shape index (κ1) is 12.9. The highest BCUT2D eigenvalue weighted by Gasteiger charge is 2.23. The molecular weight excluding hydrogens is 188 g/mol. The minimum absolute atomic E-state index is 0.395. The number of nitrogens with one attached hydrogen (secondary N) is 1. The van der Waals surface area contributed by atoms with Crippen LogP contribution < -0.4 is 5.32 Å². The van der Waals surface area contributed by atoms with Crippen molar-refractivity contribution in [1.82, 2.24) is 10.2 Å². The molecule has 0 amide bonds. The summed E-state index contributed by atoms with van der Waals surface area (Å²) in [6.45, 7) is 12.2. The van der Waals surface area contributed by atoms with Crippen molar-refractivity contribution in [3.05, 3.63) is 0 Å². The van der Waals surface area contributed by atoms with Crippen LogP contribution in [0.1, 0.15) is 33.6 Å². The lowest BCUT2D eigenvalue weighted by Gasteiger charge is -2.22. The van der Waals surface area contributed by atoms with Crippen LogP contribution in [0.3, 0.4) is 0 Å². The van der Waals surface area contributed by atoms with E-state index >= 15 is 0 Å². The molecule has 1 aliphatic heterocycles. The van der Waals surface area contributed by atoms with Crippen LogP contribution in [-0.2, 0) is 4.74 Å². The molecule has 0 radical (unpaired) electrons. The van der Waals surface area contributed by atoms with Crippen LogP contribution in [0, 0.1) is 0 Å². The van der Waals surface area contributed by atoms with Gasteiger partial charge >= 0.3 is 0 Å². The van der Waals surface area contributed by atoms with Crippen LogP contribution in [0.15, 0.2) is 0 Å². The minimum Gasteiger partial charge on any atom is -0.377 e. The molecule has 1 rings (SSSR count). The van der Waals surface area contributed by atoms with Gasteiger partial charge in [0.25, 0.3) is 0 Å². The zero-order chi connectivity index (χ0) is 11.1. The van der Waals surface area contributed by atoms with E-state index in [9.17, 15) is 0 Å². The Labute approximate surface area is 94.2 Å². The van der Waals surface area contributed by atoms with E-state index in [4.69, 9.17) is 4.74 Å². The first-order valence-corrected chi connectivity index (χ1v) is 6.35. The third-order valence-electron chi connectivity index (χ3n) is 3.20. The number of hydrogen-bond acceptors (Lipinski definition) is 3. The quantitative estimate of drug-likeness (QED) is 0.695. The Morgan fingerprint density at radius 1 is 1.33 bits per heavy atom. The molecular formula is C12H26N2O. The van der Waals surface area contributed by atoms with Crippen molar-refractivity contribution in [2.75, 3.05) is 32.8 Å². The molecule has 90 valence electrons. The molecule has 3 nitrogen and oxygen atoms in total. The normalized spacial score (nSPS) is 26.4. The van der Waals surface area contributed by atoms with E-state index < -0.39 is 0 Å². The van der Waals surface area contributed by atoms with Gasteiger partial charge in [0.15, 0.2) is 0 Å². The average Bonchev–Trinajstić information content (AvgIpc) is 2.63. The summed E-state index contributed by atoms with van der Waals surface area (Å²) >= 11 is 0. The standard InChI is InChI=1S/C12H26N2O/c1-4-8-14(5-2)9-7-13-12-6-10-15-11(12)3/h11-13H,4-10H2,1-3H3. The first-order valence-electron chi connectivity index (χ1n) is 6.35. The number of hydrogen-bond donors (Lipinski definition) is 1. The predicted octanol–water partition coefficient (Wildman–Crippen LogP) is 1.49. The first-order chi connectivity index (χ1) is 7.27. The van der Waals surface area contributed by atoms with Crippen LogP contribution in [0.4, 0.5) is 0 Å². The Kier molecular flexibility index (Phi) is 6.22. The summed E-state index contributed by atoms with van der Waals surface area (Å²) in [5, 5.41) is 3.59. The van der Waals surface area contributed by atoms with E-state index in [2.05, 4.69) is 31.0 Å². The van der Waals surface area contributed by atoms with Crippen LogP contribution >= 0.6 is 0 Å². The number of likely N-dealkylation sites (N-methyl/N-ethyl adjacent to an activating group) is 1. The molecule has 1 aliphatic rings. The molecule has 2 unspecified atom stereocenters. The molecule has 2 atom stereocenters. The van der Waals surface area contributed by atoms with Crippen molar-refractivity contribution in [3.8, 4) is 0 Å². The summed E-state index contributed by atoms with van der Waals surface area (Å²) in [4.78, 5) is 2.49. The van der Waals surface area contributed by atoms with Crippen molar-refractivity contribution >= 4 is 0 Å². The fourth-order valence-corrected chi connectivity index (χ4v) is 2.15. The summed E-state index contributed by atoms with van der Waals surface area (Å²) < 4.78 is 5.52. The van der Waals surface area contributed by atoms with Gasteiger partial charge in [0, 0.05) is 25.7 Å². The van der Waals surface area contributed by atoms with Crippen molar-refractivity contribution in [2.24, 2.45) is 0 Å². The highest BCUT2D eigenvalue weighted by atomic mass is 16.5. The largest absolute Gasteiger partial charge is 0.377 e. The van der Waals surface area contributed by atoms with Gasteiger partial charge in [-0.15, -0.1) is 0 Å². The Morgan fingerprint density at radius 3 is 2.67 bits per heavy atom. The molecule has 0 aromatic rings. The van der Waals surface area contributed by atoms with Crippen LogP contribution in [0.25, 0.3) is 0 Å². The second-order valence-electron chi connectivity index (χ2n) is 4.36. The zero-order valence-electron chi connectivity index (χ0n) is 10.5. The third-order valence-corrected chi connectivity index (χ3v) is 3.20. The summed E-state index contributed by atoms with van der Waals surface area (Å²) in [6.07, 6.45) is 2.81. The summed E-state index contributed by atoms with van der Waals surface area (Å²) in [7, 11) is 0. The van der Waals surface area contributed by atoms with Gasteiger partial charge in [-0.3, -0.25) is 0 Å². The van der Waals surface area contributed by atoms with Gasteiger partial charge in [-0.2, -0.15) is 0 Å². The monoisotopic (exact) mass is 214 g/mol. The van der Waals surface area contributed by atoms with Gasteiger partial charge in [0.05, 0.1) is 6.10 Å². The van der Waals surface area contributed by atoms with Crippen LogP contribution in [0.2, 0.25) is 0 Å². The molecule has 0 spiro atoms. The molecule has 1 heterocycles. The minimum atomic E-state index is 0.395. The zero-order valence-corrected chi connectivity index (χ0v) is 10.5. The highest BCUT2D eigenvalue weighted by Crippen LogP contribution is 2.11. The SMILES string of the molecule is CCCN(CC)CCNC1CCOC1C. The van der Waals surface area contributed by atoms with E-state index in [0.717, 1.165) is 26.2 Å². The maximum absolute atomic E-state index is 5.52. The maximum atomic E-state index is 5.52. The Morgan fingerprint density at radius 2 is 2.13 bits per heavy atom. The van der Waals surface area contributed by atoms with Crippen molar-refractivity contribution in [1.29, 1.82) is 0 Å². The fourth-order valence-electron chi connectivity index (χ4n) is 2.15. The molecule has 0 aromatic carbocycles. The van der Waals surface area contributed by atoms with Crippen LogP contribution in [-0.4, -0.2) is 49.8 Å². The highest BCUT2D eigenvalue weighted by molar-refractivity contribution is 4.79. The number of nitrogens with zero attached hydrogens (tertiary/aromatic N) is 1. The van der Waals surface area contributed by atoms with Gasteiger partial charge < -0.3 is 15.0 Å². The average molecular weight is 214 g/mol. The van der Waals surface area contributed by atoms with Crippen molar-refractivity contribution in [2.45, 2.75) is 45.8 Å². The van der Waals surface area contributed by atoms with Crippen molar-refractivity contribution < 1.29 is 4.74 Å². The van der Waals surface area contributed by atoms with E-state index in [1.807, 2.05) is 0 Å². The van der Waals surface area contributed by atoms with E-state index in [0.29, 0.717) is 12.1 Å². The smallest absolute Gasteiger partial charge is 0.0700 e. The molecule has 1 fully saturated rings. The van der Waals surface area contributed by atoms with E-state index in [1.54, 1.807) is 0 Å². The lowest BCUT2D eigenvalue weighted by atomic mass is 10.1. The molecule has 3 heteroatoms. The second kappa shape index (κ2) is 7.20. The van der Waals surface area contributed by atoms with E-state index in [1.165, 1.54) is 19.4 Å². The maximum Gasteiger partial charge on any atom is 0.0700 e. The Hall–Kier alpha value is -0.120. The summed E-state index contributed by atoms with van der Waals surface area (Å²) in [5.41, 5.74) is 0. The Bertz CT molecular complexity index is 164.